The number of H-pyrrole nitrogens is 1. The van der Waals surface area contributed by atoms with Crippen LogP contribution in [-0.4, -0.2) is 50.2 Å². The molecule has 1 saturated heterocycles. The van der Waals surface area contributed by atoms with E-state index in [2.05, 4.69) is 63.2 Å². The van der Waals surface area contributed by atoms with Gasteiger partial charge in [0.25, 0.3) is 0 Å². The lowest BCUT2D eigenvalue weighted by Crippen LogP contribution is -2.18. The number of pyridine rings is 2. The summed E-state index contributed by atoms with van der Waals surface area (Å²) in [5, 5.41) is 0. The van der Waals surface area contributed by atoms with E-state index in [1.54, 1.807) is 6.20 Å². The fourth-order valence-corrected chi connectivity index (χ4v) is 6.04. The van der Waals surface area contributed by atoms with Crippen LogP contribution in [0.4, 0.5) is 0 Å². The Bertz CT molecular complexity index is 1680. The zero-order valence-corrected chi connectivity index (χ0v) is 22.3. The molecule has 0 atom stereocenters. The van der Waals surface area contributed by atoms with Crippen LogP contribution in [0.1, 0.15) is 47.3 Å². The smallest absolute Gasteiger partial charge is 0.157 e. The summed E-state index contributed by atoms with van der Waals surface area (Å²) in [6, 6.07) is 17.9. The highest BCUT2D eigenvalue weighted by atomic mass is 15.1. The summed E-state index contributed by atoms with van der Waals surface area (Å²) in [7, 11) is 0. The molecule has 6 nitrogen and oxygen atoms in total. The van der Waals surface area contributed by atoms with Gasteiger partial charge in [-0.25, -0.2) is 4.98 Å². The van der Waals surface area contributed by atoms with E-state index >= 15 is 0 Å². The number of aromatic nitrogens is 4. The third-order valence-corrected chi connectivity index (χ3v) is 7.91. The number of nitrogens with one attached hydrogen (secondary N) is 1. The summed E-state index contributed by atoms with van der Waals surface area (Å²) in [5.41, 5.74) is 12.4. The zero-order chi connectivity index (χ0) is 26.2. The van der Waals surface area contributed by atoms with Crippen molar-refractivity contribution in [2.45, 2.75) is 39.2 Å². The Kier molecular flexibility index (Phi) is 6.25. The molecule has 5 aromatic rings. The molecule has 0 amide bonds. The standard InChI is InChI=1S/C33H32N6/c1-22-14-23(21-39-12-2-3-13-39)16-27(15-22)25-9-8-24-6-5-11-36-32(28(24)17-25)33-37-30-20-35-19-29(31(30)38-33)26-7-4-10-34-18-26/h4,7-10,14-20H,2-3,5-6,11-13,21H2,1H3,(H,37,38). The van der Waals surface area contributed by atoms with Gasteiger partial charge in [0.05, 0.1) is 11.7 Å². The molecule has 5 heterocycles. The topological polar surface area (TPSA) is 70.1 Å². The summed E-state index contributed by atoms with van der Waals surface area (Å²) >= 11 is 0. The second-order valence-electron chi connectivity index (χ2n) is 10.8. The van der Waals surface area contributed by atoms with Crippen LogP contribution in [-0.2, 0) is 13.0 Å². The van der Waals surface area contributed by atoms with Gasteiger partial charge in [-0.05, 0) is 86.1 Å². The lowest BCUT2D eigenvalue weighted by molar-refractivity contribution is 0.331. The largest absolute Gasteiger partial charge is 0.335 e. The highest BCUT2D eigenvalue weighted by Gasteiger charge is 2.21. The Hall–Kier alpha value is -4.16. The summed E-state index contributed by atoms with van der Waals surface area (Å²) in [4.78, 5) is 25.0. The van der Waals surface area contributed by atoms with Gasteiger partial charge in [-0.3, -0.25) is 19.9 Å². The van der Waals surface area contributed by atoms with Crippen molar-refractivity contribution in [1.82, 2.24) is 24.8 Å². The van der Waals surface area contributed by atoms with Crippen LogP contribution in [0.15, 0.2) is 78.3 Å². The molecule has 2 aliphatic heterocycles. The van der Waals surface area contributed by atoms with E-state index < -0.39 is 0 Å². The molecule has 0 radical (unpaired) electrons. The number of nitrogens with zero attached hydrogens (tertiary/aromatic N) is 5. The Balaban J connectivity index is 1.29. The maximum atomic E-state index is 5.08. The van der Waals surface area contributed by atoms with Crippen LogP contribution in [0.2, 0.25) is 0 Å². The third-order valence-electron chi connectivity index (χ3n) is 7.91. The average molecular weight is 513 g/mol. The second kappa shape index (κ2) is 10.2. The van der Waals surface area contributed by atoms with Crippen LogP contribution >= 0.6 is 0 Å². The summed E-state index contributed by atoms with van der Waals surface area (Å²) in [6.45, 7) is 6.43. The van der Waals surface area contributed by atoms with E-state index in [-0.39, 0.29) is 0 Å². The van der Waals surface area contributed by atoms with Crippen molar-refractivity contribution in [3.05, 3.63) is 101 Å². The van der Waals surface area contributed by atoms with E-state index in [1.807, 2.05) is 30.7 Å². The average Bonchev–Trinajstić information content (AvgIpc) is 3.58. The molecule has 2 aliphatic rings. The normalized spacial score (nSPS) is 15.8. The molecule has 7 rings (SSSR count). The number of fused-ring (bicyclic) bond motifs is 2. The molecule has 0 bridgehead atoms. The second-order valence-corrected chi connectivity index (χ2v) is 10.8. The Morgan fingerprint density at radius 1 is 0.846 bits per heavy atom. The summed E-state index contributed by atoms with van der Waals surface area (Å²) in [5.74, 6) is 0.794. The van der Waals surface area contributed by atoms with Gasteiger partial charge in [0.15, 0.2) is 5.82 Å². The molecule has 2 aromatic carbocycles. The van der Waals surface area contributed by atoms with Crippen molar-refractivity contribution in [2.75, 3.05) is 19.6 Å². The van der Waals surface area contributed by atoms with Crippen LogP contribution in [0.3, 0.4) is 0 Å². The Morgan fingerprint density at radius 2 is 1.77 bits per heavy atom. The van der Waals surface area contributed by atoms with Crippen molar-refractivity contribution in [2.24, 2.45) is 4.99 Å². The number of aromatic amines is 1. The first-order valence-electron chi connectivity index (χ1n) is 14.0. The Morgan fingerprint density at radius 3 is 2.64 bits per heavy atom. The van der Waals surface area contributed by atoms with Crippen LogP contribution < -0.4 is 0 Å². The predicted molar refractivity (Wildman–Crippen MR) is 157 cm³/mol. The van der Waals surface area contributed by atoms with Crippen LogP contribution in [0.25, 0.3) is 33.3 Å². The van der Waals surface area contributed by atoms with Gasteiger partial charge in [0, 0.05) is 48.4 Å². The van der Waals surface area contributed by atoms with Crippen molar-refractivity contribution in [1.29, 1.82) is 0 Å². The first kappa shape index (κ1) is 23.9. The van der Waals surface area contributed by atoms with Gasteiger partial charge in [-0.2, -0.15) is 0 Å². The van der Waals surface area contributed by atoms with E-state index in [0.29, 0.717) is 0 Å². The maximum absolute atomic E-state index is 5.08. The molecular formula is C33H32N6. The molecule has 0 spiro atoms. The van der Waals surface area contributed by atoms with Gasteiger partial charge in [0.2, 0.25) is 0 Å². The molecule has 3 aromatic heterocycles. The van der Waals surface area contributed by atoms with E-state index in [0.717, 1.165) is 59.6 Å². The number of aryl methyl sites for hydroxylation is 2. The molecular weight excluding hydrogens is 480 g/mol. The quantitative estimate of drug-likeness (QED) is 0.297. The lowest BCUT2D eigenvalue weighted by Gasteiger charge is -2.17. The van der Waals surface area contributed by atoms with Crippen molar-refractivity contribution >= 4 is 16.7 Å². The predicted octanol–water partition coefficient (Wildman–Crippen LogP) is 6.37. The molecule has 39 heavy (non-hydrogen) atoms. The van der Waals surface area contributed by atoms with Gasteiger partial charge in [0.1, 0.15) is 11.2 Å². The van der Waals surface area contributed by atoms with Crippen molar-refractivity contribution < 1.29 is 0 Å². The van der Waals surface area contributed by atoms with E-state index in [4.69, 9.17) is 9.98 Å². The van der Waals surface area contributed by atoms with Crippen molar-refractivity contribution in [3.8, 4) is 22.3 Å². The fraction of sp³-hybridized carbons (Fsp3) is 0.273. The minimum Gasteiger partial charge on any atom is -0.335 e. The van der Waals surface area contributed by atoms with Crippen molar-refractivity contribution in [3.63, 3.8) is 0 Å². The first-order valence-corrected chi connectivity index (χ1v) is 14.0. The number of rotatable bonds is 5. The van der Waals surface area contributed by atoms with Gasteiger partial charge in [-0.1, -0.05) is 35.9 Å². The molecule has 194 valence electrons. The van der Waals surface area contributed by atoms with Gasteiger partial charge < -0.3 is 4.98 Å². The number of hydrogen-bond donors (Lipinski definition) is 1. The van der Waals surface area contributed by atoms with Gasteiger partial charge >= 0.3 is 0 Å². The molecule has 1 N–H and O–H groups in total. The molecule has 0 unspecified atom stereocenters. The minimum absolute atomic E-state index is 0.786. The highest BCUT2D eigenvalue weighted by Crippen LogP contribution is 2.31. The van der Waals surface area contributed by atoms with Gasteiger partial charge in [-0.15, -0.1) is 0 Å². The number of aliphatic imine (C=N–C) groups is 1. The monoisotopic (exact) mass is 512 g/mol. The number of benzene rings is 2. The zero-order valence-electron chi connectivity index (χ0n) is 22.3. The maximum Gasteiger partial charge on any atom is 0.157 e. The third kappa shape index (κ3) is 4.77. The van der Waals surface area contributed by atoms with Crippen LogP contribution in [0, 0.1) is 6.92 Å². The van der Waals surface area contributed by atoms with Crippen LogP contribution in [0.5, 0.6) is 0 Å². The lowest BCUT2D eigenvalue weighted by atomic mass is 9.93. The number of hydrogen-bond acceptors (Lipinski definition) is 5. The van der Waals surface area contributed by atoms with E-state index in [1.165, 1.54) is 59.3 Å². The molecule has 0 saturated carbocycles. The molecule has 1 fully saturated rings. The SMILES string of the molecule is Cc1cc(CN2CCCC2)cc(-c2ccc3c(c2)C(c2nc4c(-c5cccnc5)cncc4[nH]2)=NCCC3)c1. The highest BCUT2D eigenvalue weighted by molar-refractivity contribution is 6.14. The Labute approximate surface area is 228 Å². The molecule has 0 aliphatic carbocycles. The van der Waals surface area contributed by atoms with E-state index in [9.17, 15) is 0 Å². The summed E-state index contributed by atoms with van der Waals surface area (Å²) in [6.07, 6.45) is 12.0. The molecule has 6 heteroatoms. The summed E-state index contributed by atoms with van der Waals surface area (Å²) < 4.78 is 0. The number of imidazole rings is 1. The minimum atomic E-state index is 0.786. The fourth-order valence-electron chi connectivity index (χ4n) is 6.04. The first-order chi connectivity index (χ1) is 19.2. The number of likely N-dealkylation sites (tertiary alicyclic amines) is 1.